The standard InChI is InChI=1S/C14H15ClN2O4/c1-14(2)7-10(17-20-5-4-13(18)19-3)9-6-12(15)16-8-11(9)21-14/h4-6,8H,7H2,1-3H3/b5-4+,17-10+. The summed E-state index contributed by atoms with van der Waals surface area (Å²) in [4.78, 5) is 19.9. The number of nitrogens with zero attached hydrogens (tertiary/aromatic N) is 2. The predicted molar refractivity (Wildman–Crippen MR) is 77.3 cm³/mol. The first-order valence-corrected chi connectivity index (χ1v) is 6.61. The van der Waals surface area contributed by atoms with Crippen molar-refractivity contribution >= 4 is 23.3 Å². The van der Waals surface area contributed by atoms with Gasteiger partial charge < -0.3 is 14.3 Å². The monoisotopic (exact) mass is 310 g/mol. The number of methoxy groups -OCH3 is 1. The van der Waals surface area contributed by atoms with Gasteiger partial charge in [-0.25, -0.2) is 9.78 Å². The van der Waals surface area contributed by atoms with E-state index in [-0.39, 0.29) is 0 Å². The Morgan fingerprint density at radius 3 is 3.05 bits per heavy atom. The maximum absolute atomic E-state index is 10.9. The van der Waals surface area contributed by atoms with Crippen LogP contribution >= 0.6 is 11.6 Å². The smallest absolute Gasteiger partial charge is 0.333 e. The van der Waals surface area contributed by atoms with Crippen LogP contribution in [0.5, 0.6) is 5.75 Å². The number of aromatic nitrogens is 1. The minimum Gasteiger partial charge on any atom is -0.485 e. The molecule has 0 spiro atoms. The molecule has 0 fully saturated rings. The zero-order valence-corrected chi connectivity index (χ0v) is 12.7. The van der Waals surface area contributed by atoms with Gasteiger partial charge in [0, 0.05) is 12.0 Å². The molecule has 1 aliphatic heterocycles. The normalized spacial score (nSPS) is 18.2. The summed E-state index contributed by atoms with van der Waals surface area (Å²) in [6, 6.07) is 1.67. The molecule has 2 rings (SSSR count). The first-order chi connectivity index (χ1) is 9.91. The molecule has 112 valence electrons. The third-order valence-corrected chi connectivity index (χ3v) is 2.96. The van der Waals surface area contributed by atoms with Crippen LogP contribution in [0, 0.1) is 0 Å². The first kappa shape index (κ1) is 15.3. The van der Waals surface area contributed by atoms with Crippen molar-refractivity contribution in [2.75, 3.05) is 7.11 Å². The van der Waals surface area contributed by atoms with E-state index in [0.29, 0.717) is 23.0 Å². The van der Waals surface area contributed by atoms with E-state index >= 15 is 0 Å². The molecular formula is C14H15ClN2O4. The summed E-state index contributed by atoms with van der Waals surface area (Å²) in [6.07, 6.45) is 4.38. The second-order valence-electron chi connectivity index (χ2n) is 5.01. The maximum atomic E-state index is 10.9. The van der Waals surface area contributed by atoms with Crippen molar-refractivity contribution in [1.29, 1.82) is 0 Å². The molecule has 0 saturated carbocycles. The molecule has 0 saturated heterocycles. The fourth-order valence-corrected chi connectivity index (χ4v) is 2.04. The van der Waals surface area contributed by atoms with E-state index in [1.165, 1.54) is 7.11 Å². The van der Waals surface area contributed by atoms with Crippen LogP contribution in [0.25, 0.3) is 0 Å². The van der Waals surface area contributed by atoms with Crippen LogP contribution in [0.15, 0.2) is 29.8 Å². The largest absolute Gasteiger partial charge is 0.485 e. The highest BCUT2D eigenvalue weighted by molar-refractivity contribution is 6.30. The Bertz CT molecular complexity index is 611. The molecule has 0 unspecified atom stereocenters. The van der Waals surface area contributed by atoms with Crippen LogP contribution < -0.4 is 4.74 Å². The summed E-state index contributed by atoms with van der Waals surface area (Å²) in [7, 11) is 1.28. The third kappa shape index (κ3) is 3.95. The number of hydrogen-bond acceptors (Lipinski definition) is 6. The summed E-state index contributed by atoms with van der Waals surface area (Å²) < 4.78 is 10.3. The minimum absolute atomic E-state index is 0.342. The lowest BCUT2D eigenvalue weighted by Crippen LogP contribution is -2.36. The third-order valence-electron chi connectivity index (χ3n) is 2.75. The predicted octanol–water partition coefficient (Wildman–Crippen LogP) is 2.70. The van der Waals surface area contributed by atoms with E-state index < -0.39 is 11.6 Å². The number of ether oxygens (including phenoxy) is 2. The van der Waals surface area contributed by atoms with Gasteiger partial charge in [-0.15, -0.1) is 0 Å². The maximum Gasteiger partial charge on any atom is 0.333 e. The van der Waals surface area contributed by atoms with Crippen molar-refractivity contribution < 1.29 is 19.1 Å². The van der Waals surface area contributed by atoms with Gasteiger partial charge in [-0.05, 0) is 19.9 Å². The fourth-order valence-electron chi connectivity index (χ4n) is 1.89. The highest BCUT2D eigenvalue weighted by Crippen LogP contribution is 2.34. The molecule has 0 amide bonds. The number of carbonyl (C=O) groups excluding carboxylic acids is 1. The summed E-state index contributed by atoms with van der Waals surface area (Å²) in [5.41, 5.74) is 0.956. The van der Waals surface area contributed by atoms with Gasteiger partial charge in [0.1, 0.15) is 22.8 Å². The number of esters is 1. The Morgan fingerprint density at radius 1 is 1.57 bits per heavy atom. The zero-order valence-electron chi connectivity index (χ0n) is 11.9. The lowest BCUT2D eigenvalue weighted by atomic mass is 9.93. The van der Waals surface area contributed by atoms with Crippen molar-refractivity contribution in [3.63, 3.8) is 0 Å². The van der Waals surface area contributed by atoms with Crippen molar-refractivity contribution in [3.05, 3.63) is 35.3 Å². The van der Waals surface area contributed by atoms with Crippen LogP contribution in [-0.2, 0) is 14.4 Å². The zero-order chi connectivity index (χ0) is 15.5. The quantitative estimate of drug-likeness (QED) is 0.282. The Labute approximate surface area is 127 Å². The molecule has 1 aromatic rings. The average molecular weight is 311 g/mol. The van der Waals surface area contributed by atoms with Gasteiger partial charge in [0.15, 0.2) is 0 Å². The van der Waals surface area contributed by atoms with Crippen LogP contribution in [0.3, 0.4) is 0 Å². The molecule has 0 radical (unpaired) electrons. The number of pyridine rings is 1. The van der Waals surface area contributed by atoms with Gasteiger partial charge in [-0.1, -0.05) is 16.8 Å². The number of oxime groups is 1. The molecule has 0 N–H and O–H groups in total. The lowest BCUT2D eigenvalue weighted by Gasteiger charge is -2.32. The Hall–Kier alpha value is -2.08. The van der Waals surface area contributed by atoms with E-state index in [2.05, 4.69) is 14.9 Å². The van der Waals surface area contributed by atoms with E-state index in [1.54, 1.807) is 12.3 Å². The number of hydrogen-bond donors (Lipinski definition) is 0. The van der Waals surface area contributed by atoms with Crippen molar-refractivity contribution in [1.82, 2.24) is 4.98 Å². The van der Waals surface area contributed by atoms with Crippen LogP contribution in [-0.4, -0.2) is 29.4 Å². The van der Waals surface area contributed by atoms with Gasteiger partial charge in [0.05, 0.1) is 25.1 Å². The molecule has 21 heavy (non-hydrogen) atoms. The number of carbonyl (C=O) groups is 1. The van der Waals surface area contributed by atoms with Gasteiger partial charge in [0.2, 0.25) is 0 Å². The average Bonchev–Trinajstić information content (AvgIpc) is 2.43. The molecule has 7 heteroatoms. The van der Waals surface area contributed by atoms with Gasteiger partial charge >= 0.3 is 5.97 Å². The van der Waals surface area contributed by atoms with Gasteiger partial charge in [0.25, 0.3) is 0 Å². The summed E-state index contributed by atoms with van der Waals surface area (Å²) in [5, 5.41) is 4.37. The number of rotatable bonds is 3. The topological polar surface area (TPSA) is 70.0 Å². The Balaban J connectivity index is 2.24. The Kier molecular flexibility index (Phi) is 4.47. The summed E-state index contributed by atoms with van der Waals surface area (Å²) in [5.74, 6) is 0.0742. The fraction of sp³-hybridized carbons (Fsp3) is 0.357. The van der Waals surface area contributed by atoms with E-state index in [0.717, 1.165) is 17.9 Å². The second-order valence-corrected chi connectivity index (χ2v) is 5.40. The number of halogens is 1. The molecule has 1 aliphatic rings. The Morgan fingerprint density at radius 2 is 2.33 bits per heavy atom. The van der Waals surface area contributed by atoms with E-state index in [1.807, 2.05) is 13.8 Å². The minimum atomic E-state index is -0.518. The SMILES string of the molecule is COC(=O)/C=C/O/N=C1\CC(C)(C)Oc2cnc(Cl)cc21. The molecule has 0 bridgehead atoms. The van der Waals surface area contributed by atoms with Crippen LogP contribution in [0.4, 0.5) is 0 Å². The lowest BCUT2D eigenvalue weighted by molar-refractivity contribution is -0.135. The molecule has 6 nitrogen and oxygen atoms in total. The van der Waals surface area contributed by atoms with Crippen molar-refractivity contribution in [2.24, 2.45) is 5.16 Å². The van der Waals surface area contributed by atoms with Gasteiger partial charge in [-0.3, -0.25) is 0 Å². The molecule has 0 aromatic carbocycles. The number of fused-ring (bicyclic) bond motifs is 1. The highest BCUT2D eigenvalue weighted by Gasteiger charge is 2.32. The molecule has 0 atom stereocenters. The molecule has 2 heterocycles. The highest BCUT2D eigenvalue weighted by atomic mass is 35.5. The molecule has 1 aromatic heterocycles. The van der Waals surface area contributed by atoms with Gasteiger partial charge in [-0.2, -0.15) is 0 Å². The summed E-state index contributed by atoms with van der Waals surface area (Å²) >= 11 is 5.90. The second kappa shape index (κ2) is 6.13. The first-order valence-electron chi connectivity index (χ1n) is 6.23. The van der Waals surface area contributed by atoms with E-state index in [4.69, 9.17) is 21.2 Å². The van der Waals surface area contributed by atoms with E-state index in [9.17, 15) is 4.79 Å². The molecular weight excluding hydrogens is 296 g/mol. The van der Waals surface area contributed by atoms with Crippen LogP contribution in [0.1, 0.15) is 25.8 Å². The van der Waals surface area contributed by atoms with Crippen LogP contribution in [0.2, 0.25) is 5.15 Å². The van der Waals surface area contributed by atoms with Crippen molar-refractivity contribution in [2.45, 2.75) is 25.9 Å². The van der Waals surface area contributed by atoms with Crippen molar-refractivity contribution in [3.8, 4) is 5.75 Å². The molecule has 0 aliphatic carbocycles. The summed E-state index contributed by atoms with van der Waals surface area (Å²) in [6.45, 7) is 3.87.